The summed E-state index contributed by atoms with van der Waals surface area (Å²) in [5.41, 5.74) is 1.05. The van der Waals surface area contributed by atoms with Gasteiger partial charge in [-0.1, -0.05) is 30.7 Å². The number of benzene rings is 1. The van der Waals surface area contributed by atoms with Crippen LogP contribution >= 0.6 is 22.9 Å². The number of carbonyl (C=O) groups is 1. The van der Waals surface area contributed by atoms with E-state index in [4.69, 9.17) is 11.6 Å². The molecule has 0 unspecified atom stereocenters. The summed E-state index contributed by atoms with van der Waals surface area (Å²) in [6.07, 6.45) is 1.44. The predicted octanol–water partition coefficient (Wildman–Crippen LogP) is 2.60. The monoisotopic (exact) mass is 386 g/mol. The first kappa shape index (κ1) is 18.9. The number of sulfonamides is 1. The largest absolute Gasteiger partial charge is 0.355 e. The Morgan fingerprint density at radius 3 is 2.50 bits per heavy atom. The van der Waals surface area contributed by atoms with Crippen LogP contribution in [0, 0.1) is 0 Å². The van der Waals surface area contributed by atoms with Crippen LogP contribution in [0.2, 0.25) is 5.02 Å². The Bertz CT molecular complexity index is 786. The van der Waals surface area contributed by atoms with E-state index in [-0.39, 0.29) is 16.7 Å². The topological polar surface area (TPSA) is 75.3 Å². The van der Waals surface area contributed by atoms with Gasteiger partial charge in [-0.05, 0) is 42.7 Å². The van der Waals surface area contributed by atoms with Gasteiger partial charge in [-0.15, -0.1) is 11.3 Å². The van der Waals surface area contributed by atoms with Gasteiger partial charge in [0.1, 0.15) is 4.21 Å². The number of halogens is 1. The summed E-state index contributed by atoms with van der Waals surface area (Å²) in [6, 6.07) is 10.7. The summed E-state index contributed by atoms with van der Waals surface area (Å²) >= 11 is 7.02. The van der Waals surface area contributed by atoms with Gasteiger partial charge in [0.2, 0.25) is 5.91 Å². The molecule has 24 heavy (non-hydrogen) atoms. The van der Waals surface area contributed by atoms with E-state index in [1.165, 1.54) is 11.3 Å². The number of hydrogen-bond acceptors (Lipinski definition) is 4. The molecular weight excluding hydrogens is 368 g/mol. The summed E-state index contributed by atoms with van der Waals surface area (Å²) < 4.78 is 26.8. The third kappa shape index (κ3) is 5.59. The quantitative estimate of drug-likeness (QED) is 0.732. The van der Waals surface area contributed by atoms with E-state index in [0.29, 0.717) is 18.0 Å². The Balaban J connectivity index is 1.77. The van der Waals surface area contributed by atoms with Crippen LogP contribution in [0.3, 0.4) is 0 Å². The van der Waals surface area contributed by atoms with Crippen LogP contribution in [0.1, 0.15) is 17.4 Å². The highest BCUT2D eigenvalue weighted by atomic mass is 35.5. The van der Waals surface area contributed by atoms with Crippen molar-refractivity contribution in [2.45, 2.75) is 24.0 Å². The average Bonchev–Trinajstić information content (AvgIpc) is 3.05. The molecule has 1 aromatic carbocycles. The molecule has 0 atom stereocenters. The normalized spacial score (nSPS) is 11.4. The van der Waals surface area contributed by atoms with Crippen molar-refractivity contribution in [3.8, 4) is 0 Å². The maximum absolute atomic E-state index is 12.1. The summed E-state index contributed by atoms with van der Waals surface area (Å²) in [5, 5.41) is 3.35. The molecule has 2 rings (SSSR count). The van der Waals surface area contributed by atoms with Crippen molar-refractivity contribution in [2.75, 3.05) is 13.1 Å². The molecule has 2 N–H and O–H groups in total. The van der Waals surface area contributed by atoms with Crippen molar-refractivity contribution < 1.29 is 13.2 Å². The van der Waals surface area contributed by atoms with Crippen molar-refractivity contribution in [3.05, 3.63) is 51.9 Å². The Kier molecular flexibility index (Phi) is 6.79. The second-order valence-electron chi connectivity index (χ2n) is 5.13. The van der Waals surface area contributed by atoms with Crippen molar-refractivity contribution in [1.29, 1.82) is 0 Å². The molecule has 0 radical (unpaired) electrons. The van der Waals surface area contributed by atoms with Gasteiger partial charge in [-0.3, -0.25) is 4.79 Å². The maximum atomic E-state index is 12.1. The van der Waals surface area contributed by atoms with Crippen molar-refractivity contribution >= 4 is 38.9 Å². The van der Waals surface area contributed by atoms with Gasteiger partial charge >= 0.3 is 0 Å². The molecule has 1 amide bonds. The Hall–Kier alpha value is -1.41. The zero-order valence-corrected chi connectivity index (χ0v) is 15.6. The van der Waals surface area contributed by atoms with Crippen molar-refractivity contribution in [2.24, 2.45) is 0 Å². The summed E-state index contributed by atoms with van der Waals surface area (Å²) in [5.74, 6) is -0.361. The average molecular weight is 387 g/mol. The smallest absolute Gasteiger partial charge is 0.250 e. The van der Waals surface area contributed by atoms with Crippen LogP contribution in [-0.4, -0.2) is 27.4 Å². The molecule has 1 heterocycles. The van der Waals surface area contributed by atoms with E-state index in [1.54, 1.807) is 24.3 Å². The predicted molar refractivity (Wildman–Crippen MR) is 97.1 cm³/mol. The number of carbonyl (C=O) groups excluding carboxylic acids is 1. The lowest BCUT2D eigenvalue weighted by atomic mass is 10.1. The molecule has 0 aliphatic carbocycles. The van der Waals surface area contributed by atoms with E-state index >= 15 is 0 Å². The maximum Gasteiger partial charge on any atom is 0.250 e. The first-order valence-electron chi connectivity index (χ1n) is 7.50. The van der Waals surface area contributed by atoms with Crippen LogP contribution < -0.4 is 10.0 Å². The second kappa shape index (κ2) is 8.62. The number of hydrogen-bond donors (Lipinski definition) is 2. The highest BCUT2D eigenvalue weighted by Crippen LogP contribution is 2.21. The Morgan fingerprint density at radius 1 is 1.17 bits per heavy atom. The third-order valence-electron chi connectivity index (χ3n) is 3.32. The van der Waals surface area contributed by atoms with Gasteiger partial charge in [0.15, 0.2) is 0 Å². The fraction of sp³-hybridized carbons (Fsp3) is 0.312. The van der Waals surface area contributed by atoms with Crippen LogP contribution in [0.5, 0.6) is 0 Å². The van der Waals surface area contributed by atoms with E-state index in [1.807, 2.05) is 19.1 Å². The number of amides is 1. The molecule has 130 valence electrons. The lowest BCUT2D eigenvalue weighted by Gasteiger charge is -2.07. The molecule has 0 aliphatic rings. The van der Waals surface area contributed by atoms with E-state index < -0.39 is 10.0 Å². The summed E-state index contributed by atoms with van der Waals surface area (Å²) in [4.78, 5) is 12.8. The molecule has 8 heteroatoms. The molecule has 0 saturated carbocycles. The molecular formula is C16H19ClN2O3S2. The van der Waals surface area contributed by atoms with Gasteiger partial charge in [-0.2, -0.15) is 0 Å². The molecule has 0 aliphatic heterocycles. The van der Waals surface area contributed by atoms with Crippen LogP contribution in [0.15, 0.2) is 40.6 Å². The molecule has 0 spiro atoms. The highest BCUT2D eigenvalue weighted by Gasteiger charge is 2.17. The molecule has 1 aromatic heterocycles. The molecule has 2 aromatic rings. The van der Waals surface area contributed by atoms with E-state index in [0.717, 1.165) is 16.9 Å². The molecule has 0 bridgehead atoms. The third-order valence-corrected chi connectivity index (χ3v) is 6.70. The van der Waals surface area contributed by atoms with E-state index in [2.05, 4.69) is 10.0 Å². The first-order chi connectivity index (χ1) is 11.4. The van der Waals surface area contributed by atoms with Gasteiger partial charge in [0.25, 0.3) is 10.0 Å². The fourth-order valence-corrected chi connectivity index (χ4v) is 4.43. The lowest BCUT2D eigenvalue weighted by Crippen LogP contribution is -2.37. The molecule has 0 saturated heterocycles. The number of nitrogens with one attached hydrogen (secondary N) is 2. The van der Waals surface area contributed by atoms with Gasteiger partial charge in [-0.25, -0.2) is 13.1 Å². The molecule has 5 nitrogen and oxygen atoms in total. The highest BCUT2D eigenvalue weighted by molar-refractivity contribution is 7.91. The minimum Gasteiger partial charge on any atom is -0.355 e. The summed E-state index contributed by atoms with van der Waals surface area (Å²) in [6.45, 7) is 2.12. The summed E-state index contributed by atoms with van der Waals surface area (Å²) in [7, 11) is -3.63. The van der Waals surface area contributed by atoms with Crippen LogP contribution in [0.25, 0.3) is 0 Å². The zero-order valence-electron chi connectivity index (χ0n) is 13.2. The molecule has 0 fully saturated rings. The first-order valence-corrected chi connectivity index (χ1v) is 10.2. The lowest BCUT2D eigenvalue weighted by molar-refractivity contribution is -0.119. The second-order valence-corrected chi connectivity index (χ2v) is 8.72. The Morgan fingerprint density at radius 2 is 1.88 bits per heavy atom. The minimum atomic E-state index is -3.63. The number of aryl methyl sites for hydroxylation is 1. The van der Waals surface area contributed by atoms with E-state index in [9.17, 15) is 13.2 Å². The van der Waals surface area contributed by atoms with Gasteiger partial charge in [0.05, 0.1) is 6.54 Å². The number of rotatable bonds is 8. The van der Waals surface area contributed by atoms with Crippen LogP contribution in [0.4, 0.5) is 0 Å². The van der Waals surface area contributed by atoms with Crippen molar-refractivity contribution in [1.82, 2.24) is 10.0 Å². The fourth-order valence-electron chi connectivity index (χ4n) is 1.98. The number of thiophene rings is 1. The van der Waals surface area contributed by atoms with Crippen molar-refractivity contribution in [3.63, 3.8) is 0 Å². The SMILES string of the molecule is CCc1ccc(S(=O)(=O)NCC(=O)NCCc2ccc(Cl)cc2)s1. The zero-order chi connectivity index (χ0) is 17.6. The minimum absolute atomic E-state index is 0.230. The van der Waals surface area contributed by atoms with Gasteiger partial charge in [0, 0.05) is 16.4 Å². The Labute approximate surface area is 151 Å². The van der Waals surface area contributed by atoms with Gasteiger partial charge < -0.3 is 5.32 Å². The van der Waals surface area contributed by atoms with Crippen LogP contribution in [-0.2, 0) is 27.7 Å². The standard InChI is InChI=1S/C16H19ClN2O3S2/c1-2-14-7-8-16(23-14)24(21,22)19-11-15(20)18-10-9-12-3-5-13(17)6-4-12/h3-8,19H,2,9-11H2,1H3,(H,18,20).